The second kappa shape index (κ2) is 12.0. The van der Waals surface area contributed by atoms with E-state index in [0.29, 0.717) is 5.69 Å². The molecule has 0 aliphatic heterocycles. The summed E-state index contributed by atoms with van der Waals surface area (Å²) in [5, 5.41) is 0. The maximum Gasteiger partial charge on any atom is 1.00 e. The Morgan fingerprint density at radius 3 is 2.35 bits per heavy atom. The molecule has 0 bridgehead atoms. The van der Waals surface area contributed by atoms with Crippen molar-refractivity contribution in [1.29, 1.82) is 0 Å². The molecule has 0 heterocycles. The molecule has 0 aromatic heterocycles. The van der Waals surface area contributed by atoms with Crippen LogP contribution in [-0.4, -0.2) is 6.61 Å². The van der Waals surface area contributed by atoms with Crippen LogP contribution < -0.4 is 17.1 Å². The first-order chi connectivity index (χ1) is 7.36. The fraction of sp³-hybridized carbons (Fsp3) is 0.462. The van der Waals surface area contributed by atoms with Gasteiger partial charge in [0.05, 0.1) is 6.61 Å². The molecule has 99 valence electrons. The van der Waals surface area contributed by atoms with Crippen LogP contribution in [0.25, 0.3) is 4.85 Å². The van der Waals surface area contributed by atoms with Crippen LogP contribution in [-0.2, 0) is 22.4 Å². The zero-order chi connectivity index (χ0) is 10.9. The summed E-state index contributed by atoms with van der Waals surface area (Å²) in [6.07, 6.45) is 4.87. The number of ether oxygens (including phenoxy) is 1. The normalized spacial score (nSPS) is 8.47. The predicted octanol–water partition coefficient (Wildman–Crippen LogP) is 1.44. The van der Waals surface area contributed by atoms with E-state index >= 15 is 0 Å². The largest absolute Gasteiger partial charge is 1.00 e. The van der Waals surface area contributed by atoms with Crippen molar-refractivity contribution in [2.75, 3.05) is 6.61 Å². The molecule has 2 nitrogen and oxygen atoms in total. The molecule has 0 amide bonds. The summed E-state index contributed by atoms with van der Waals surface area (Å²) in [5.74, 6) is 0.860. The van der Waals surface area contributed by atoms with E-state index in [0.717, 1.165) is 18.8 Å². The van der Waals surface area contributed by atoms with E-state index in [1.807, 2.05) is 12.1 Å². The summed E-state index contributed by atoms with van der Waals surface area (Å²) >= 11 is 0. The average Bonchev–Trinajstić information content (AvgIpc) is 2.30. The Kier molecular flexibility index (Phi) is 13.3. The van der Waals surface area contributed by atoms with Crippen LogP contribution in [0.5, 0.6) is 5.75 Å². The standard InChI is InChI=1S/C13H17NO.Au.ClH.H2/c1-3-4-5-6-11-15-13-9-7-12(14-2)8-10-13;;;/h7-10H,3-6,11H2,1H3;;2*1H/q2*+1;;/p-1. The van der Waals surface area contributed by atoms with E-state index in [-0.39, 0.29) is 36.2 Å². The van der Waals surface area contributed by atoms with E-state index in [2.05, 4.69) is 11.8 Å². The van der Waals surface area contributed by atoms with Gasteiger partial charge in [-0.3, -0.25) is 0 Å². The van der Waals surface area contributed by atoms with Crippen LogP contribution in [0.2, 0.25) is 0 Å². The third kappa shape index (κ3) is 8.29. The van der Waals surface area contributed by atoms with Gasteiger partial charge in [0.25, 0.3) is 0 Å². The Hall–Kier alpha value is -0.460. The van der Waals surface area contributed by atoms with Gasteiger partial charge in [0.1, 0.15) is 5.75 Å². The minimum absolute atomic E-state index is 0. The van der Waals surface area contributed by atoms with E-state index in [1.165, 1.54) is 19.3 Å². The number of nitrogens with zero attached hydrogens (tertiary/aromatic N) is 1. The summed E-state index contributed by atoms with van der Waals surface area (Å²) in [6, 6.07) is 7.28. The van der Waals surface area contributed by atoms with Gasteiger partial charge in [-0.2, -0.15) is 0 Å². The van der Waals surface area contributed by atoms with Gasteiger partial charge >= 0.3 is 34.6 Å². The first-order valence-electron chi connectivity index (χ1n) is 5.47. The van der Waals surface area contributed by atoms with Crippen molar-refractivity contribution in [2.45, 2.75) is 32.6 Å². The van der Waals surface area contributed by atoms with Gasteiger partial charge in [0.2, 0.25) is 0 Å². The van der Waals surface area contributed by atoms with E-state index < -0.39 is 0 Å². The average molecular weight is 438 g/mol. The molecule has 0 saturated heterocycles. The van der Waals surface area contributed by atoms with Gasteiger partial charge in [-0.1, -0.05) is 26.2 Å². The Morgan fingerprint density at radius 2 is 1.82 bits per heavy atom. The molecular formula is C13H19AuClNO+. The molecule has 0 saturated carbocycles. The second-order valence-corrected chi connectivity index (χ2v) is 3.51. The van der Waals surface area contributed by atoms with Crippen molar-refractivity contribution in [2.24, 2.45) is 0 Å². The summed E-state index contributed by atoms with van der Waals surface area (Å²) in [4.78, 5) is 3.33. The minimum Gasteiger partial charge on any atom is -1.00 e. The Morgan fingerprint density at radius 1 is 1.18 bits per heavy atom. The summed E-state index contributed by atoms with van der Waals surface area (Å²) in [7, 11) is 0. The van der Waals surface area contributed by atoms with Crippen molar-refractivity contribution in [3.63, 3.8) is 0 Å². The van der Waals surface area contributed by atoms with E-state index in [1.54, 1.807) is 12.1 Å². The Bertz CT molecular complexity index is 327. The van der Waals surface area contributed by atoms with Crippen LogP contribution in [0.4, 0.5) is 5.69 Å². The molecule has 1 aromatic rings. The number of unbranched alkanes of at least 4 members (excludes halogenated alkanes) is 3. The molecular weight excluding hydrogens is 419 g/mol. The van der Waals surface area contributed by atoms with Crippen molar-refractivity contribution in [3.05, 3.63) is 35.7 Å². The van der Waals surface area contributed by atoms with Crippen molar-refractivity contribution in [3.8, 4) is 5.75 Å². The number of rotatable bonds is 6. The Balaban J connectivity index is -0.000000750. The first-order valence-corrected chi connectivity index (χ1v) is 5.47. The zero-order valence-corrected chi connectivity index (χ0v) is 12.8. The molecule has 0 unspecified atom stereocenters. The third-order valence-corrected chi connectivity index (χ3v) is 2.23. The van der Waals surface area contributed by atoms with Crippen molar-refractivity contribution in [1.82, 2.24) is 0 Å². The topological polar surface area (TPSA) is 13.6 Å². The fourth-order valence-electron chi connectivity index (χ4n) is 1.34. The number of halogens is 1. The van der Waals surface area contributed by atoms with Gasteiger partial charge < -0.3 is 17.1 Å². The fourth-order valence-corrected chi connectivity index (χ4v) is 1.34. The molecule has 0 fully saturated rings. The SMILES string of the molecule is [Au+].[C]#[N+]c1ccc(OCCCCCC)cc1.[Cl-].[HH]. The van der Waals surface area contributed by atoms with Crippen LogP contribution >= 0.6 is 0 Å². The molecule has 0 atom stereocenters. The third-order valence-electron chi connectivity index (χ3n) is 2.23. The Labute approximate surface area is 127 Å². The van der Waals surface area contributed by atoms with E-state index in [9.17, 15) is 0 Å². The number of benzene rings is 1. The quantitative estimate of drug-likeness (QED) is 0.485. The molecule has 0 spiro atoms. The zero-order valence-electron chi connectivity index (χ0n) is 9.88. The van der Waals surface area contributed by atoms with Gasteiger partial charge in [-0.05, 0) is 23.4 Å². The second-order valence-electron chi connectivity index (χ2n) is 3.51. The monoisotopic (exact) mass is 437 g/mol. The van der Waals surface area contributed by atoms with Gasteiger partial charge in [0.15, 0.2) is 0 Å². The maximum absolute atomic E-state index is 6.81. The van der Waals surface area contributed by atoms with Crippen LogP contribution in [0.3, 0.4) is 0 Å². The van der Waals surface area contributed by atoms with Gasteiger partial charge in [0, 0.05) is 13.6 Å². The molecule has 1 radical (unpaired) electrons. The maximum atomic E-state index is 6.81. The smallest absolute Gasteiger partial charge is 1.00 e. The molecule has 0 N–H and O–H groups in total. The van der Waals surface area contributed by atoms with E-state index in [4.69, 9.17) is 11.3 Å². The van der Waals surface area contributed by atoms with Gasteiger partial charge in [-0.15, -0.1) is 0 Å². The molecule has 1 aromatic carbocycles. The number of hydrogen-bond donors (Lipinski definition) is 0. The molecule has 4 heteroatoms. The first kappa shape index (κ1) is 18.9. The van der Waals surface area contributed by atoms with Crippen LogP contribution in [0, 0.1) is 6.57 Å². The summed E-state index contributed by atoms with van der Waals surface area (Å²) in [5.41, 5.74) is 0.660. The van der Waals surface area contributed by atoms with Crippen LogP contribution in [0.1, 0.15) is 34.0 Å². The van der Waals surface area contributed by atoms with Gasteiger partial charge in [-0.25, -0.2) is 0 Å². The summed E-state index contributed by atoms with van der Waals surface area (Å²) < 4.78 is 5.55. The predicted molar refractivity (Wildman–Crippen MR) is 64.5 cm³/mol. The minimum atomic E-state index is 0. The summed E-state index contributed by atoms with van der Waals surface area (Å²) in [6.45, 7) is 9.79. The van der Waals surface area contributed by atoms with Crippen molar-refractivity contribution < 1.29 is 41.0 Å². The molecule has 0 aliphatic rings. The van der Waals surface area contributed by atoms with Crippen LogP contribution in [0.15, 0.2) is 24.3 Å². The number of hydrogen-bond acceptors (Lipinski definition) is 1. The van der Waals surface area contributed by atoms with Crippen molar-refractivity contribution >= 4 is 5.69 Å². The molecule has 0 aliphatic carbocycles. The molecule has 1 rings (SSSR count). The molecule has 17 heavy (non-hydrogen) atoms.